The summed E-state index contributed by atoms with van der Waals surface area (Å²) in [6, 6.07) is 15.9. The normalized spacial score (nSPS) is 15.8. The number of nitrogens with zero attached hydrogens (tertiary/aromatic N) is 4. The summed E-state index contributed by atoms with van der Waals surface area (Å²) in [5.41, 5.74) is 5.49. The molecule has 0 amide bonds. The molecule has 160 valence electrons. The molecule has 2 aliphatic heterocycles. The number of thiophene rings is 1. The maximum absolute atomic E-state index is 9.97. The molecule has 0 unspecified atom stereocenters. The Labute approximate surface area is 189 Å². The van der Waals surface area contributed by atoms with Gasteiger partial charge in [0.05, 0.1) is 23.4 Å². The lowest BCUT2D eigenvalue weighted by Gasteiger charge is -2.28. The third-order valence-electron chi connectivity index (χ3n) is 5.94. The highest BCUT2D eigenvalue weighted by molar-refractivity contribution is 7.22. The monoisotopic (exact) mass is 442 g/mol. The van der Waals surface area contributed by atoms with Gasteiger partial charge in [0.1, 0.15) is 5.75 Å². The Bertz CT molecular complexity index is 1340. The molecule has 2 aliphatic rings. The molecule has 0 saturated carbocycles. The minimum atomic E-state index is 0.211. The lowest BCUT2D eigenvalue weighted by atomic mass is 9.99. The van der Waals surface area contributed by atoms with E-state index in [1.54, 1.807) is 23.5 Å². The number of aromatic hydroxyl groups is 1. The topological polar surface area (TPSA) is 70.8 Å². The number of fused-ring (bicyclic) bond motifs is 2. The van der Waals surface area contributed by atoms with Gasteiger partial charge in [0.25, 0.3) is 0 Å². The van der Waals surface area contributed by atoms with Crippen LogP contribution in [0.3, 0.4) is 0 Å². The highest BCUT2D eigenvalue weighted by atomic mass is 32.1. The van der Waals surface area contributed by atoms with Gasteiger partial charge in [-0.25, -0.2) is 9.97 Å². The van der Waals surface area contributed by atoms with Crippen molar-refractivity contribution in [3.8, 4) is 27.6 Å². The third kappa shape index (κ3) is 3.53. The van der Waals surface area contributed by atoms with E-state index in [1.165, 1.54) is 21.6 Å². The van der Waals surface area contributed by atoms with E-state index in [1.807, 2.05) is 18.3 Å². The fraction of sp³-hybridized carbons (Fsp3) is 0.240. The Balaban J connectivity index is 1.50. The molecule has 2 aromatic heterocycles. The highest BCUT2D eigenvalue weighted by Crippen LogP contribution is 2.39. The van der Waals surface area contributed by atoms with Gasteiger partial charge in [-0.2, -0.15) is 0 Å². The van der Waals surface area contributed by atoms with Crippen LogP contribution in [-0.4, -0.2) is 54.1 Å². The van der Waals surface area contributed by atoms with Crippen LogP contribution in [0.2, 0.25) is 0 Å². The van der Waals surface area contributed by atoms with Crippen LogP contribution in [-0.2, 0) is 11.2 Å². The first-order valence-electron chi connectivity index (χ1n) is 10.8. The van der Waals surface area contributed by atoms with Crippen molar-refractivity contribution in [1.82, 2.24) is 9.97 Å². The minimum Gasteiger partial charge on any atom is -0.508 e. The van der Waals surface area contributed by atoms with E-state index in [4.69, 9.17) is 14.7 Å². The number of morpholine rings is 1. The van der Waals surface area contributed by atoms with E-state index in [9.17, 15) is 5.11 Å². The fourth-order valence-corrected chi connectivity index (χ4v) is 5.38. The van der Waals surface area contributed by atoms with Crippen LogP contribution in [0.25, 0.3) is 32.0 Å². The van der Waals surface area contributed by atoms with E-state index >= 15 is 0 Å². The van der Waals surface area contributed by atoms with Gasteiger partial charge in [-0.05, 0) is 47.4 Å². The summed E-state index contributed by atoms with van der Waals surface area (Å²) in [7, 11) is 0. The number of hydrogen-bond donors (Lipinski definition) is 1. The van der Waals surface area contributed by atoms with E-state index in [-0.39, 0.29) is 5.75 Å². The lowest BCUT2D eigenvalue weighted by molar-refractivity contribution is 0.122. The van der Waals surface area contributed by atoms with Crippen LogP contribution in [0.15, 0.2) is 53.5 Å². The molecule has 4 heterocycles. The number of ether oxygens (including phenoxy) is 1. The maximum atomic E-state index is 9.97. The molecular formula is C25H22N4O2S. The Kier molecular flexibility index (Phi) is 4.85. The molecular weight excluding hydrogens is 420 g/mol. The van der Waals surface area contributed by atoms with Crippen LogP contribution in [0.4, 0.5) is 5.82 Å². The number of benzene rings is 2. The van der Waals surface area contributed by atoms with Crippen LogP contribution >= 0.6 is 11.3 Å². The van der Waals surface area contributed by atoms with Gasteiger partial charge < -0.3 is 14.7 Å². The van der Waals surface area contributed by atoms with E-state index in [0.29, 0.717) is 19.0 Å². The van der Waals surface area contributed by atoms with Crippen molar-refractivity contribution in [2.24, 2.45) is 4.99 Å². The molecule has 32 heavy (non-hydrogen) atoms. The molecule has 0 atom stereocenters. The average Bonchev–Trinajstić information content (AvgIpc) is 3.28. The maximum Gasteiger partial charge on any atom is 0.162 e. The second-order valence-corrected chi connectivity index (χ2v) is 9.10. The first-order chi connectivity index (χ1) is 15.7. The minimum absolute atomic E-state index is 0.211. The first-order valence-corrected chi connectivity index (χ1v) is 11.6. The molecule has 0 radical (unpaired) electrons. The number of aliphatic imine (C=N–C) groups is 1. The van der Waals surface area contributed by atoms with Crippen LogP contribution in [0.5, 0.6) is 5.75 Å². The predicted octanol–water partition coefficient (Wildman–Crippen LogP) is 4.54. The molecule has 0 aliphatic carbocycles. The summed E-state index contributed by atoms with van der Waals surface area (Å²) in [6.07, 6.45) is 2.95. The van der Waals surface area contributed by atoms with Crippen molar-refractivity contribution in [2.45, 2.75) is 6.42 Å². The van der Waals surface area contributed by atoms with Crippen LogP contribution < -0.4 is 4.90 Å². The zero-order chi connectivity index (χ0) is 21.5. The van der Waals surface area contributed by atoms with Gasteiger partial charge in [-0.3, -0.25) is 4.99 Å². The highest BCUT2D eigenvalue weighted by Gasteiger charge is 2.21. The van der Waals surface area contributed by atoms with E-state index < -0.39 is 0 Å². The molecule has 4 aromatic rings. The molecule has 2 aromatic carbocycles. The summed E-state index contributed by atoms with van der Waals surface area (Å²) in [6.45, 7) is 3.84. The van der Waals surface area contributed by atoms with Gasteiger partial charge in [0.2, 0.25) is 0 Å². The number of rotatable bonds is 3. The molecule has 1 saturated heterocycles. The van der Waals surface area contributed by atoms with Crippen molar-refractivity contribution in [3.05, 3.63) is 59.7 Å². The van der Waals surface area contributed by atoms with E-state index in [0.717, 1.165) is 47.7 Å². The zero-order valence-electron chi connectivity index (χ0n) is 17.5. The number of phenols is 1. The van der Waals surface area contributed by atoms with Gasteiger partial charge >= 0.3 is 0 Å². The predicted molar refractivity (Wildman–Crippen MR) is 129 cm³/mol. The standard InChI is InChI=1S/C25H22N4O2S/c30-20-3-1-2-18(13-20)24-27-21-14-22(17-4-5-19-15-26-7-6-16(19)12-17)32-23(21)25(28-24)29-8-10-31-11-9-29/h1-5,12-15,30H,6-11H2. The van der Waals surface area contributed by atoms with Crippen LogP contribution in [0, 0.1) is 0 Å². The number of hydrogen-bond acceptors (Lipinski definition) is 7. The van der Waals surface area contributed by atoms with Crippen molar-refractivity contribution < 1.29 is 9.84 Å². The summed E-state index contributed by atoms with van der Waals surface area (Å²) in [5, 5.41) is 9.97. The Morgan fingerprint density at radius 3 is 2.75 bits per heavy atom. The third-order valence-corrected chi connectivity index (χ3v) is 7.11. The summed E-state index contributed by atoms with van der Waals surface area (Å²) in [4.78, 5) is 17.7. The second-order valence-electron chi connectivity index (χ2n) is 8.04. The Morgan fingerprint density at radius 1 is 0.969 bits per heavy atom. The molecule has 7 heteroatoms. The van der Waals surface area contributed by atoms with Crippen molar-refractivity contribution in [2.75, 3.05) is 37.7 Å². The van der Waals surface area contributed by atoms with E-state index in [2.05, 4.69) is 34.2 Å². The summed E-state index contributed by atoms with van der Waals surface area (Å²) in [5.74, 6) is 1.78. The largest absolute Gasteiger partial charge is 0.508 e. The fourth-order valence-electron chi connectivity index (χ4n) is 4.27. The lowest BCUT2D eigenvalue weighted by Crippen LogP contribution is -2.36. The Morgan fingerprint density at radius 2 is 1.88 bits per heavy atom. The SMILES string of the molecule is Oc1cccc(-c2nc(N3CCOCC3)c3sc(-c4ccc5c(c4)CCN=C5)cc3n2)c1. The zero-order valence-corrected chi connectivity index (χ0v) is 18.3. The van der Waals surface area contributed by atoms with Crippen molar-refractivity contribution in [1.29, 1.82) is 0 Å². The van der Waals surface area contributed by atoms with Crippen molar-refractivity contribution in [3.63, 3.8) is 0 Å². The smallest absolute Gasteiger partial charge is 0.162 e. The van der Waals surface area contributed by atoms with Gasteiger partial charge in [0.15, 0.2) is 11.6 Å². The number of aromatic nitrogens is 2. The number of anilines is 1. The number of phenolic OH excluding ortho intramolecular Hbond substituents is 1. The first kappa shape index (κ1) is 19.4. The molecule has 0 spiro atoms. The summed E-state index contributed by atoms with van der Waals surface area (Å²) >= 11 is 1.74. The molecule has 1 fully saturated rings. The summed E-state index contributed by atoms with van der Waals surface area (Å²) < 4.78 is 6.65. The van der Waals surface area contributed by atoms with Gasteiger partial charge in [-0.1, -0.05) is 24.3 Å². The Hall–Kier alpha value is -3.29. The van der Waals surface area contributed by atoms with Gasteiger partial charge in [-0.15, -0.1) is 11.3 Å². The average molecular weight is 443 g/mol. The molecule has 1 N–H and O–H groups in total. The molecule has 6 rings (SSSR count). The second kappa shape index (κ2) is 8.00. The van der Waals surface area contributed by atoms with Gasteiger partial charge in [0, 0.05) is 36.3 Å². The van der Waals surface area contributed by atoms with Crippen LogP contribution in [0.1, 0.15) is 11.1 Å². The quantitative estimate of drug-likeness (QED) is 0.504. The molecule has 0 bridgehead atoms. The molecule has 6 nitrogen and oxygen atoms in total. The van der Waals surface area contributed by atoms with Crippen molar-refractivity contribution >= 4 is 33.6 Å².